The van der Waals surface area contributed by atoms with Crippen LogP contribution in [0.3, 0.4) is 0 Å². The Morgan fingerprint density at radius 3 is 2.71 bits per heavy atom. The van der Waals surface area contributed by atoms with E-state index in [1.165, 1.54) is 0 Å². The van der Waals surface area contributed by atoms with E-state index in [4.69, 9.17) is 4.74 Å². The van der Waals surface area contributed by atoms with Gasteiger partial charge >= 0.3 is 0 Å². The molecule has 0 aliphatic carbocycles. The summed E-state index contributed by atoms with van der Waals surface area (Å²) in [6.45, 7) is 4.88. The second-order valence-electron chi connectivity index (χ2n) is 7.73. The number of aliphatic imine (C=N–C) groups is 1. The summed E-state index contributed by atoms with van der Waals surface area (Å²) in [6, 6.07) is 8.33. The fourth-order valence-electron chi connectivity index (χ4n) is 3.48. The van der Waals surface area contributed by atoms with Crippen LogP contribution in [-0.2, 0) is 13.6 Å². The number of hydrogen-bond donors (Lipinski definition) is 2. The smallest absolute Gasteiger partial charge is 0.204 e. The summed E-state index contributed by atoms with van der Waals surface area (Å²) in [6.07, 6.45) is 2.75. The lowest BCUT2D eigenvalue weighted by Gasteiger charge is -2.38. The molecule has 0 amide bonds. The summed E-state index contributed by atoms with van der Waals surface area (Å²) in [5.41, 5.74) is 2.03. The third kappa shape index (κ3) is 4.89. The maximum absolute atomic E-state index is 6.12. The normalized spacial score (nSPS) is 17.8. The number of fused-ring (bicyclic) bond motifs is 1. The SMILES string of the molecule is CN=C(NCc1cnc(N(C)C)n1C)NC1CC(C)(C)Oc2ccccc21.I. The molecule has 1 aromatic carbocycles. The summed E-state index contributed by atoms with van der Waals surface area (Å²) in [4.78, 5) is 10.9. The predicted octanol–water partition coefficient (Wildman–Crippen LogP) is 3.07. The van der Waals surface area contributed by atoms with E-state index in [0.717, 1.165) is 35.3 Å². The molecule has 0 bridgehead atoms. The third-order valence-corrected chi connectivity index (χ3v) is 4.81. The van der Waals surface area contributed by atoms with Crippen molar-refractivity contribution in [2.24, 2.45) is 12.0 Å². The van der Waals surface area contributed by atoms with Crippen molar-refractivity contribution in [3.63, 3.8) is 0 Å². The van der Waals surface area contributed by atoms with Crippen LogP contribution in [0.2, 0.25) is 0 Å². The number of guanidine groups is 1. The van der Waals surface area contributed by atoms with Crippen LogP contribution in [0.4, 0.5) is 5.95 Å². The molecule has 0 saturated carbocycles. The van der Waals surface area contributed by atoms with Crippen molar-refractivity contribution >= 4 is 35.9 Å². The van der Waals surface area contributed by atoms with Crippen molar-refractivity contribution in [3.05, 3.63) is 41.7 Å². The first-order chi connectivity index (χ1) is 12.8. The minimum absolute atomic E-state index is 0. The lowest BCUT2D eigenvalue weighted by atomic mass is 9.90. The van der Waals surface area contributed by atoms with E-state index in [1.54, 1.807) is 7.05 Å². The highest BCUT2D eigenvalue weighted by molar-refractivity contribution is 14.0. The zero-order valence-electron chi connectivity index (χ0n) is 17.5. The van der Waals surface area contributed by atoms with Crippen LogP contribution in [0.25, 0.3) is 0 Å². The van der Waals surface area contributed by atoms with Crippen LogP contribution >= 0.6 is 24.0 Å². The minimum atomic E-state index is -0.229. The van der Waals surface area contributed by atoms with E-state index in [0.29, 0.717) is 6.54 Å². The quantitative estimate of drug-likeness (QED) is 0.386. The molecule has 2 aromatic rings. The molecular weight excluding hydrogens is 467 g/mol. The number of aromatic nitrogens is 2. The molecule has 3 rings (SSSR count). The fraction of sp³-hybridized carbons (Fsp3) is 0.500. The van der Waals surface area contributed by atoms with Crippen LogP contribution in [0.1, 0.15) is 37.6 Å². The second kappa shape index (κ2) is 9.02. The number of para-hydroxylation sites is 1. The van der Waals surface area contributed by atoms with E-state index < -0.39 is 0 Å². The van der Waals surface area contributed by atoms with E-state index >= 15 is 0 Å². The van der Waals surface area contributed by atoms with Gasteiger partial charge in [0.25, 0.3) is 0 Å². The molecular formula is C20H31IN6O. The van der Waals surface area contributed by atoms with Gasteiger partial charge in [0.1, 0.15) is 11.4 Å². The Morgan fingerprint density at radius 1 is 1.36 bits per heavy atom. The first-order valence-electron chi connectivity index (χ1n) is 9.24. The van der Waals surface area contributed by atoms with Gasteiger partial charge in [-0.1, -0.05) is 18.2 Å². The molecule has 7 nitrogen and oxygen atoms in total. The molecule has 1 aliphatic heterocycles. The Balaban J connectivity index is 0.00000280. The summed E-state index contributed by atoms with van der Waals surface area (Å²) < 4.78 is 8.19. The van der Waals surface area contributed by atoms with Gasteiger partial charge in [0.15, 0.2) is 5.96 Å². The topological polar surface area (TPSA) is 66.7 Å². The molecule has 28 heavy (non-hydrogen) atoms. The maximum Gasteiger partial charge on any atom is 0.204 e. The average molecular weight is 498 g/mol. The Bertz CT molecular complexity index is 830. The predicted molar refractivity (Wildman–Crippen MR) is 125 cm³/mol. The van der Waals surface area contributed by atoms with Gasteiger partial charge in [0, 0.05) is 40.2 Å². The molecule has 0 radical (unpaired) electrons. The number of rotatable bonds is 4. The fourth-order valence-corrected chi connectivity index (χ4v) is 3.48. The molecule has 1 aromatic heterocycles. The lowest BCUT2D eigenvalue weighted by molar-refractivity contribution is 0.0694. The van der Waals surface area contributed by atoms with Crippen molar-refractivity contribution in [3.8, 4) is 5.75 Å². The third-order valence-electron chi connectivity index (χ3n) is 4.81. The van der Waals surface area contributed by atoms with Gasteiger partial charge in [-0.2, -0.15) is 0 Å². The molecule has 2 heterocycles. The Labute approximate surface area is 184 Å². The van der Waals surface area contributed by atoms with Crippen molar-refractivity contribution in [2.45, 2.75) is 38.5 Å². The van der Waals surface area contributed by atoms with E-state index in [-0.39, 0.29) is 35.6 Å². The maximum atomic E-state index is 6.12. The molecule has 154 valence electrons. The summed E-state index contributed by atoms with van der Waals surface area (Å²) in [5, 5.41) is 6.96. The molecule has 1 atom stereocenters. The lowest BCUT2D eigenvalue weighted by Crippen LogP contribution is -2.45. The van der Waals surface area contributed by atoms with Crippen LogP contribution in [-0.4, -0.2) is 42.3 Å². The Hall–Kier alpha value is -1.97. The molecule has 1 unspecified atom stereocenters. The van der Waals surface area contributed by atoms with Gasteiger partial charge in [-0.3, -0.25) is 4.99 Å². The van der Waals surface area contributed by atoms with Crippen LogP contribution < -0.4 is 20.3 Å². The monoisotopic (exact) mass is 498 g/mol. The zero-order valence-corrected chi connectivity index (χ0v) is 19.8. The number of hydrogen-bond acceptors (Lipinski definition) is 4. The zero-order chi connectivity index (χ0) is 19.6. The highest BCUT2D eigenvalue weighted by atomic mass is 127. The number of nitrogens with one attached hydrogen (secondary N) is 2. The Kier molecular flexibility index (Phi) is 7.19. The number of benzene rings is 1. The summed E-state index contributed by atoms with van der Waals surface area (Å²) >= 11 is 0. The van der Waals surface area contributed by atoms with E-state index in [1.807, 2.05) is 50.4 Å². The molecule has 2 N–H and O–H groups in total. The largest absolute Gasteiger partial charge is 0.487 e. The van der Waals surface area contributed by atoms with Crippen molar-refractivity contribution in [2.75, 3.05) is 26.0 Å². The molecule has 0 fully saturated rings. The summed E-state index contributed by atoms with van der Waals surface area (Å²) in [5.74, 6) is 2.62. The number of imidazole rings is 1. The number of anilines is 1. The van der Waals surface area contributed by atoms with Gasteiger partial charge in [0.2, 0.25) is 5.95 Å². The van der Waals surface area contributed by atoms with Crippen LogP contribution in [0.15, 0.2) is 35.5 Å². The standard InChI is InChI=1S/C20H30N6O.HI/c1-20(2)11-16(15-9-7-8-10-17(15)27-20)24-18(21-3)22-12-14-13-23-19(25(4)5)26(14)6;/h7-10,13,16H,11-12H2,1-6H3,(H2,21,22,24);1H. The number of ether oxygens (including phenoxy) is 1. The van der Waals surface area contributed by atoms with Gasteiger partial charge < -0.3 is 24.8 Å². The van der Waals surface area contributed by atoms with Crippen LogP contribution in [0.5, 0.6) is 5.75 Å². The highest BCUT2D eigenvalue weighted by Gasteiger charge is 2.33. The van der Waals surface area contributed by atoms with Gasteiger partial charge in [0.05, 0.1) is 24.5 Å². The van der Waals surface area contributed by atoms with Crippen molar-refractivity contribution in [1.29, 1.82) is 0 Å². The second-order valence-corrected chi connectivity index (χ2v) is 7.73. The van der Waals surface area contributed by atoms with E-state index in [2.05, 4.69) is 45.1 Å². The highest BCUT2D eigenvalue weighted by Crippen LogP contribution is 2.39. The van der Waals surface area contributed by atoms with Crippen LogP contribution in [0, 0.1) is 0 Å². The Morgan fingerprint density at radius 2 is 2.07 bits per heavy atom. The van der Waals surface area contributed by atoms with Gasteiger partial charge in [-0.25, -0.2) is 4.98 Å². The first-order valence-corrected chi connectivity index (χ1v) is 9.24. The number of halogens is 1. The average Bonchev–Trinajstić information content (AvgIpc) is 2.98. The van der Waals surface area contributed by atoms with Crippen molar-refractivity contribution in [1.82, 2.24) is 20.2 Å². The molecule has 0 spiro atoms. The minimum Gasteiger partial charge on any atom is -0.487 e. The molecule has 1 aliphatic rings. The molecule has 0 saturated heterocycles. The summed E-state index contributed by atoms with van der Waals surface area (Å²) in [7, 11) is 7.79. The first kappa shape index (κ1) is 22.3. The van der Waals surface area contributed by atoms with Gasteiger partial charge in [-0.05, 0) is 19.9 Å². The number of nitrogens with zero attached hydrogens (tertiary/aromatic N) is 4. The van der Waals surface area contributed by atoms with Crippen molar-refractivity contribution < 1.29 is 4.74 Å². The molecule has 8 heteroatoms. The van der Waals surface area contributed by atoms with Gasteiger partial charge in [-0.15, -0.1) is 24.0 Å². The van der Waals surface area contributed by atoms with E-state index in [9.17, 15) is 0 Å².